The van der Waals surface area contributed by atoms with E-state index in [1.165, 1.54) is 7.11 Å². The van der Waals surface area contributed by atoms with E-state index in [1.54, 1.807) is 6.26 Å². The summed E-state index contributed by atoms with van der Waals surface area (Å²) in [6.45, 7) is 2.59. The van der Waals surface area contributed by atoms with Gasteiger partial charge < -0.3 is 14.5 Å². The molecule has 2 N–H and O–H groups in total. The third kappa shape index (κ3) is 3.77. The van der Waals surface area contributed by atoms with Gasteiger partial charge in [-0.15, -0.1) is 0 Å². The molecule has 4 rings (SSSR count). The van der Waals surface area contributed by atoms with Crippen molar-refractivity contribution in [2.75, 3.05) is 7.11 Å². The number of nitrogens with zero attached hydrogens (tertiary/aromatic N) is 1. The van der Waals surface area contributed by atoms with E-state index in [0.29, 0.717) is 17.8 Å². The molecule has 0 aliphatic heterocycles. The number of aromatic nitrogens is 1. The molecule has 0 spiro atoms. The number of quaternary nitrogens is 1. The zero-order valence-corrected chi connectivity index (χ0v) is 16.5. The van der Waals surface area contributed by atoms with Crippen molar-refractivity contribution in [3.05, 3.63) is 90.0 Å². The highest BCUT2D eigenvalue weighted by Crippen LogP contribution is 2.33. The molecule has 0 unspecified atom stereocenters. The third-order valence-electron chi connectivity index (χ3n) is 5.08. The number of carbonyl (C=O) groups is 1. The molecule has 2 heterocycles. The van der Waals surface area contributed by atoms with Crippen molar-refractivity contribution in [1.29, 1.82) is 0 Å². The maximum Gasteiger partial charge on any atom is 0.340 e. The standard InChI is InChI=1S/C24H22N2O3/c1-16(21-13-8-14-29-21)25-15-20-23(24(27)28-2)22(17-9-4-3-5-10-17)18-11-6-7-12-19(18)26-20/h3-14,16,25H,15H2,1-2H3/p+1/t16-/m1/s1. The monoisotopic (exact) mass is 387 g/mol. The molecule has 0 bridgehead atoms. The molecule has 0 aliphatic rings. The lowest BCUT2D eigenvalue weighted by atomic mass is 9.94. The Morgan fingerprint density at radius 3 is 2.55 bits per heavy atom. The van der Waals surface area contributed by atoms with E-state index < -0.39 is 0 Å². The molecule has 0 fully saturated rings. The first-order valence-corrected chi connectivity index (χ1v) is 9.61. The van der Waals surface area contributed by atoms with Crippen LogP contribution < -0.4 is 5.32 Å². The van der Waals surface area contributed by atoms with Gasteiger partial charge in [0.25, 0.3) is 0 Å². The molecule has 5 heteroatoms. The molecule has 0 saturated carbocycles. The SMILES string of the molecule is COC(=O)c1c(C[NH2+][C@H](C)c2ccco2)nc2ccccc2c1-c1ccccc1. The van der Waals surface area contributed by atoms with Gasteiger partial charge in [0.05, 0.1) is 24.5 Å². The molecule has 0 amide bonds. The Morgan fingerprint density at radius 2 is 1.83 bits per heavy atom. The van der Waals surface area contributed by atoms with E-state index in [-0.39, 0.29) is 12.0 Å². The fourth-order valence-electron chi connectivity index (χ4n) is 3.59. The average molecular weight is 387 g/mol. The fraction of sp³-hybridized carbons (Fsp3) is 0.167. The first kappa shape index (κ1) is 18.9. The molecule has 0 radical (unpaired) electrons. The van der Waals surface area contributed by atoms with Gasteiger partial charge in [0.1, 0.15) is 18.3 Å². The number of furan rings is 1. The predicted octanol–water partition coefficient (Wildman–Crippen LogP) is 4.11. The minimum Gasteiger partial charge on any atom is -0.465 e. The average Bonchev–Trinajstić information content (AvgIpc) is 3.31. The second-order valence-corrected chi connectivity index (χ2v) is 6.93. The minimum atomic E-state index is -0.379. The number of hydrogen-bond donors (Lipinski definition) is 1. The fourth-order valence-corrected chi connectivity index (χ4v) is 3.59. The van der Waals surface area contributed by atoms with Crippen molar-refractivity contribution < 1.29 is 19.3 Å². The summed E-state index contributed by atoms with van der Waals surface area (Å²) in [5, 5.41) is 3.04. The van der Waals surface area contributed by atoms with Crippen molar-refractivity contribution in [1.82, 2.24) is 4.98 Å². The number of esters is 1. The summed E-state index contributed by atoms with van der Waals surface area (Å²) >= 11 is 0. The normalized spacial score (nSPS) is 12.1. The van der Waals surface area contributed by atoms with E-state index in [0.717, 1.165) is 27.8 Å². The quantitative estimate of drug-likeness (QED) is 0.506. The first-order valence-electron chi connectivity index (χ1n) is 9.61. The minimum absolute atomic E-state index is 0.101. The maximum atomic E-state index is 12.9. The van der Waals surface area contributed by atoms with Gasteiger partial charge in [0.2, 0.25) is 0 Å². The molecule has 5 nitrogen and oxygen atoms in total. The van der Waals surface area contributed by atoms with Gasteiger partial charge in [-0.1, -0.05) is 48.5 Å². The van der Waals surface area contributed by atoms with Gasteiger partial charge in [-0.25, -0.2) is 9.78 Å². The van der Waals surface area contributed by atoms with Gasteiger partial charge in [-0.3, -0.25) is 0 Å². The van der Waals surface area contributed by atoms with Gasteiger partial charge in [0.15, 0.2) is 5.76 Å². The Bertz CT molecular complexity index is 1120. The van der Waals surface area contributed by atoms with E-state index >= 15 is 0 Å². The van der Waals surface area contributed by atoms with Gasteiger partial charge in [-0.2, -0.15) is 0 Å². The van der Waals surface area contributed by atoms with Crippen LogP contribution in [0.2, 0.25) is 0 Å². The van der Waals surface area contributed by atoms with E-state index in [2.05, 4.69) is 12.2 Å². The van der Waals surface area contributed by atoms with Crippen molar-refractivity contribution in [2.45, 2.75) is 19.5 Å². The summed E-state index contributed by atoms with van der Waals surface area (Å²) in [5.41, 5.74) is 3.89. The number of pyridine rings is 1. The lowest BCUT2D eigenvalue weighted by molar-refractivity contribution is -0.710. The summed E-state index contributed by atoms with van der Waals surface area (Å²) in [6, 6.07) is 21.7. The number of carbonyl (C=O) groups excluding carboxylic acids is 1. The Hall–Kier alpha value is -3.44. The highest BCUT2D eigenvalue weighted by molar-refractivity contribution is 6.07. The molecule has 0 aliphatic carbocycles. The molecule has 29 heavy (non-hydrogen) atoms. The highest BCUT2D eigenvalue weighted by atomic mass is 16.5. The van der Waals surface area contributed by atoms with Crippen molar-refractivity contribution >= 4 is 16.9 Å². The van der Waals surface area contributed by atoms with Crippen LogP contribution in [0.15, 0.2) is 77.4 Å². The largest absolute Gasteiger partial charge is 0.465 e. The Balaban J connectivity index is 1.86. The van der Waals surface area contributed by atoms with Crippen molar-refractivity contribution in [2.24, 2.45) is 0 Å². The number of para-hydroxylation sites is 1. The van der Waals surface area contributed by atoms with Crippen LogP contribution in [-0.2, 0) is 11.3 Å². The van der Waals surface area contributed by atoms with E-state index in [4.69, 9.17) is 14.1 Å². The summed E-state index contributed by atoms with van der Waals surface area (Å²) < 4.78 is 10.7. The van der Waals surface area contributed by atoms with Crippen LogP contribution in [-0.4, -0.2) is 18.1 Å². The van der Waals surface area contributed by atoms with E-state index in [9.17, 15) is 4.79 Å². The number of nitrogens with two attached hydrogens (primary N) is 1. The number of fused-ring (bicyclic) bond motifs is 1. The summed E-state index contributed by atoms with van der Waals surface area (Å²) in [6.07, 6.45) is 1.67. The topological polar surface area (TPSA) is 68.9 Å². The van der Waals surface area contributed by atoms with Crippen LogP contribution in [0.25, 0.3) is 22.0 Å². The number of benzene rings is 2. The lowest BCUT2D eigenvalue weighted by Crippen LogP contribution is -2.83. The third-order valence-corrected chi connectivity index (χ3v) is 5.08. The molecular formula is C24H23N2O3+. The second-order valence-electron chi connectivity index (χ2n) is 6.93. The summed E-state index contributed by atoms with van der Waals surface area (Å²) in [4.78, 5) is 17.7. The molecular weight excluding hydrogens is 364 g/mol. The zero-order valence-electron chi connectivity index (χ0n) is 16.5. The Morgan fingerprint density at radius 1 is 1.07 bits per heavy atom. The summed E-state index contributed by atoms with van der Waals surface area (Å²) in [7, 11) is 1.41. The van der Waals surface area contributed by atoms with Crippen molar-refractivity contribution in [3.8, 4) is 11.1 Å². The molecule has 0 saturated heterocycles. The lowest BCUT2D eigenvalue weighted by Gasteiger charge is -2.16. The van der Waals surface area contributed by atoms with Crippen LogP contribution in [0.5, 0.6) is 0 Å². The van der Waals surface area contributed by atoms with Crippen LogP contribution in [0.1, 0.15) is 34.8 Å². The van der Waals surface area contributed by atoms with Crippen LogP contribution in [0.4, 0.5) is 0 Å². The highest BCUT2D eigenvalue weighted by Gasteiger charge is 2.24. The second kappa shape index (κ2) is 8.29. The van der Waals surface area contributed by atoms with E-state index in [1.807, 2.05) is 66.7 Å². The first-order chi connectivity index (χ1) is 14.2. The molecule has 2 aromatic carbocycles. The van der Waals surface area contributed by atoms with Gasteiger partial charge >= 0.3 is 5.97 Å². The Labute approximate surface area is 169 Å². The van der Waals surface area contributed by atoms with Gasteiger partial charge in [0, 0.05) is 10.9 Å². The predicted molar refractivity (Wildman–Crippen MR) is 111 cm³/mol. The number of methoxy groups -OCH3 is 1. The molecule has 2 aromatic heterocycles. The number of hydrogen-bond acceptors (Lipinski definition) is 4. The Kier molecular flexibility index (Phi) is 5.40. The summed E-state index contributed by atoms with van der Waals surface area (Å²) in [5.74, 6) is 0.504. The smallest absolute Gasteiger partial charge is 0.340 e. The van der Waals surface area contributed by atoms with Crippen LogP contribution in [0, 0.1) is 0 Å². The van der Waals surface area contributed by atoms with Gasteiger partial charge in [-0.05, 0) is 30.7 Å². The van der Waals surface area contributed by atoms with Crippen LogP contribution >= 0.6 is 0 Å². The molecule has 1 atom stereocenters. The number of ether oxygens (including phenoxy) is 1. The molecule has 146 valence electrons. The van der Waals surface area contributed by atoms with Crippen LogP contribution in [0.3, 0.4) is 0 Å². The molecule has 4 aromatic rings. The maximum absolute atomic E-state index is 12.9. The zero-order chi connectivity index (χ0) is 20.2. The van der Waals surface area contributed by atoms with Crippen molar-refractivity contribution in [3.63, 3.8) is 0 Å². The number of rotatable bonds is 6.